The highest BCUT2D eigenvalue weighted by Gasteiger charge is 2.37. The van der Waals surface area contributed by atoms with Gasteiger partial charge in [0.15, 0.2) is 0 Å². The summed E-state index contributed by atoms with van der Waals surface area (Å²) in [6.07, 6.45) is 3.00. The number of nitrogens with one attached hydrogen (secondary N) is 3. The molecule has 0 unspecified atom stereocenters. The molecule has 3 atom stereocenters. The maximum Gasteiger partial charge on any atom is 0.309 e. The zero-order chi connectivity index (χ0) is 21.1. The largest absolute Gasteiger partial charge is 0.361 e. The lowest BCUT2D eigenvalue weighted by Crippen LogP contribution is -2.57. The molecule has 29 heavy (non-hydrogen) atoms. The summed E-state index contributed by atoms with van der Waals surface area (Å²) in [4.78, 5) is 53.8. The van der Waals surface area contributed by atoms with Gasteiger partial charge in [-0.3, -0.25) is 24.2 Å². The Balaban J connectivity index is 1.75. The fraction of sp³-hybridized carbons (Fsp3) is 0.526. The maximum absolute atomic E-state index is 12.8. The normalized spacial score (nSPS) is 23.0. The number of nitrogens with zero attached hydrogens (tertiary/aromatic N) is 2. The van der Waals surface area contributed by atoms with E-state index in [1.165, 1.54) is 4.90 Å². The van der Waals surface area contributed by atoms with Crippen LogP contribution in [0.5, 0.6) is 0 Å². The smallest absolute Gasteiger partial charge is 0.309 e. The van der Waals surface area contributed by atoms with Crippen molar-refractivity contribution in [3.8, 4) is 0 Å². The number of carbonyl (C=O) groups excluding carboxylic acids is 4. The minimum atomic E-state index is -1.09. The van der Waals surface area contributed by atoms with Crippen LogP contribution in [0.3, 0.4) is 0 Å². The number of nitrogens with two attached hydrogens (primary N) is 1. The molecule has 2 heterocycles. The van der Waals surface area contributed by atoms with Crippen LogP contribution < -0.4 is 21.7 Å². The second kappa shape index (κ2) is 8.56. The van der Waals surface area contributed by atoms with E-state index < -0.39 is 23.9 Å². The Bertz CT molecular complexity index is 840. The second-order valence-corrected chi connectivity index (χ2v) is 7.71. The van der Waals surface area contributed by atoms with Crippen LogP contribution in [0.4, 0.5) is 0 Å². The molecule has 0 radical (unpaired) electrons. The quantitative estimate of drug-likeness (QED) is 0.458. The fourth-order valence-electron chi connectivity index (χ4n) is 3.88. The fourth-order valence-corrected chi connectivity index (χ4v) is 3.88. The summed E-state index contributed by atoms with van der Waals surface area (Å²) in [7, 11) is 3.36. The predicted molar refractivity (Wildman–Crippen MR) is 103 cm³/mol. The number of amides is 4. The van der Waals surface area contributed by atoms with Crippen molar-refractivity contribution in [1.82, 2.24) is 25.8 Å². The van der Waals surface area contributed by atoms with Gasteiger partial charge >= 0.3 is 11.8 Å². The molecule has 1 fully saturated rings. The summed E-state index contributed by atoms with van der Waals surface area (Å²) in [5.74, 6) is -2.71. The standard InChI is InChI=1S/C19H26N6O4/c1-25(2)19(29)10-3-4-13(23-18(28)16(20)26)14(5-10)24-17(27)15-6-11-7-21-8-12(11)9-22-15/h6,9-10,13-14,21H,3-5,7-8H2,1-2H3,(H2,20,26)(H,23,28)(H,24,27)/t10-,13-,14+/m0/s1. The van der Waals surface area contributed by atoms with Crippen molar-refractivity contribution < 1.29 is 19.2 Å². The first-order valence-corrected chi connectivity index (χ1v) is 9.57. The van der Waals surface area contributed by atoms with Gasteiger partial charge in [0.2, 0.25) is 5.91 Å². The number of hydrogen-bond donors (Lipinski definition) is 4. The first kappa shape index (κ1) is 20.7. The van der Waals surface area contributed by atoms with E-state index in [0.717, 1.165) is 17.7 Å². The molecule has 0 bridgehead atoms. The molecule has 2 aliphatic rings. The number of carbonyl (C=O) groups is 4. The van der Waals surface area contributed by atoms with E-state index in [2.05, 4.69) is 20.9 Å². The Hall–Kier alpha value is -3.01. The van der Waals surface area contributed by atoms with E-state index in [1.54, 1.807) is 26.4 Å². The number of pyridine rings is 1. The topological polar surface area (TPSA) is 147 Å². The predicted octanol–water partition coefficient (Wildman–Crippen LogP) is -1.36. The van der Waals surface area contributed by atoms with Crippen LogP contribution in [-0.2, 0) is 27.5 Å². The summed E-state index contributed by atoms with van der Waals surface area (Å²) >= 11 is 0. The van der Waals surface area contributed by atoms with Crippen molar-refractivity contribution in [1.29, 1.82) is 0 Å². The summed E-state index contributed by atoms with van der Waals surface area (Å²) in [6.45, 7) is 1.40. The van der Waals surface area contributed by atoms with E-state index in [-0.39, 0.29) is 23.4 Å². The number of aromatic nitrogens is 1. The lowest BCUT2D eigenvalue weighted by atomic mass is 9.81. The third kappa shape index (κ3) is 4.70. The van der Waals surface area contributed by atoms with Crippen LogP contribution in [0.25, 0.3) is 0 Å². The van der Waals surface area contributed by atoms with Crippen molar-refractivity contribution in [2.75, 3.05) is 14.1 Å². The van der Waals surface area contributed by atoms with Crippen LogP contribution in [-0.4, -0.2) is 59.7 Å². The lowest BCUT2D eigenvalue weighted by molar-refractivity contribution is -0.138. The Morgan fingerprint density at radius 2 is 1.83 bits per heavy atom. The van der Waals surface area contributed by atoms with E-state index >= 15 is 0 Å². The molecule has 4 amide bonds. The first-order valence-electron chi connectivity index (χ1n) is 9.57. The highest BCUT2D eigenvalue weighted by molar-refractivity contribution is 6.34. The van der Waals surface area contributed by atoms with Crippen molar-refractivity contribution >= 4 is 23.6 Å². The highest BCUT2D eigenvalue weighted by Crippen LogP contribution is 2.27. The summed E-state index contributed by atoms with van der Waals surface area (Å²) in [5, 5.41) is 8.66. The van der Waals surface area contributed by atoms with Gasteiger partial charge in [-0.1, -0.05) is 0 Å². The molecule has 3 rings (SSSR count). The molecule has 1 aliphatic heterocycles. The SMILES string of the molecule is CN(C)C(=O)[C@H]1CC[C@H](NC(=O)C(N)=O)[C@H](NC(=O)c2cc3c(cn2)CNC3)C1. The van der Waals surface area contributed by atoms with Gasteiger partial charge in [-0.15, -0.1) is 0 Å². The van der Waals surface area contributed by atoms with Crippen molar-refractivity contribution in [3.05, 3.63) is 29.1 Å². The van der Waals surface area contributed by atoms with Crippen LogP contribution in [0.2, 0.25) is 0 Å². The number of fused-ring (bicyclic) bond motifs is 1. The molecule has 5 N–H and O–H groups in total. The third-order valence-electron chi connectivity index (χ3n) is 5.44. The van der Waals surface area contributed by atoms with Gasteiger partial charge in [-0.2, -0.15) is 0 Å². The Morgan fingerprint density at radius 1 is 1.10 bits per heavy atom. The van der Waals surface area contributed by atoms with Gasteiger partial charge in [-0.25, -0.2) is 0 Å². The van der Waals surface area contributed by atoms with E-state index in [0.29, 0.717) is 25.8 Å². The Morgan fingerprint density at radius 3 is 2.52 bits per heavy atom. The molecule has 0 spiro atoms. The highest BCUT2D eigenvalue weighted by atomic mass is 16.2. The van der Waals surface area contributed by atoms with Crippen LogP contribution >= 0.6 is 0 Å². The van der Waals surface area contributed by atoms with Gasteiger partial charge in [0.1, 0.15) is 5.69 Å². The number of hydrogen-bond acceptors (Lipinski definition) is 6. The first-order chi connectivity index (χ1) is 13.8. The maximum atomic E-state index is 12.8. The van der Waals surface area contributed by atoms with Crippen molar-refractivity contribution in [3.63, 3.8) is 0 Å². The monoisotopic (exact) mass is 402 g/mol. The summed E-state index contributed by atoms with van der Waals surface area (Å²) in [5.41, 5.74) is 7.39. The molecule has 1 aliphatic carbocycles. The van der Waals surface area contributed by atoms with Gasteiger partial charge < -0.3 is 26.6 Å². The van der Waals surface area contributed by atoms with Gasteiger partial charge in [-0.05, 0) is 36.5 Å². The zero-order valence-electron chi connectivity index (χ0n) is 16.5. The number of rotatable bonds is 4. The van der Waals surface area contributed by atoms with Gasteiger partial charge in [0.05, 0.1) is 6.04 Å². The Kier molecular flexibility index (Phi) is 6.12. The van der Waals surface area contributed by atoms with Crippen molar-refractivity contribution in [2.24, 2.45) is 11.7 Å². The minimum absolute atomic E-state index is 0.0364. The van der Waals surface area contributed by atoms with Crippen LogP contribution in [0.15, 0.2) is 12.3 Å². The molecule has 10 nitrogen and oxygen atoms in total. The van der Waals surface area contributed by atoms with Gasteiger partial charge in [0, 0.05) is 45.3 Å². The molecule has 156 valence electrons. The minimum Gasteiger partial charge on any atom is -0.361 e. The average molecular weight is 402 g/mol. The van der Waals surface area contributed by atoms with Crippen molar-refractivity contribution in [2.45, 2.75) is 44.4 Å². The van der Waals surface area contributed by atoms with E-state index in [9.17, 15) is 19.2 Å². The summed E-state index contributed by atoms with van der Waals surface area (Å²) in [6, 6.07) is 0.718. The zero-order valence-corrected chi connectivity index (χ0v) is 16.5. The van der Waals surface area contributed by atoms with Crippen LogP contribution in [0, 0.1) is 5.92 Å². The molecular weight excluding hydrogens is 376 g/mol. The molecule has 0 saturated heterocycles. The number of primary amides is 1. The lowest BCUT2D eigenvalue weighted by Gasteiger charge is -2.37. The second-order valence-electron chi connectivity index (χ2n) is 7.71. The Labute approximate surface area is 168 Å². The third-order valence-corrected chi connectivity index (χ3v) is 5.44. The molecule has 1 saturated carbocycles. The average Bonchev–Trinajstić information content (AvgIpc) is 3.16. The van der Waals surface area contributed by atoms with Gasteiger partial charge in [0.25, 0.3) is 5.91 Å². The van der Waals surface area contributed by atoms with E-state index in [1.807, 2.05) is 0 Å². The molecular formula is C19H26N6O4. The molecule has 0 aromatic carbocycles. The van der Waals surface area contributed by atoms with E-state index in [4.69, 9.17) is 5.73 Å². The van der Waals surface area contributed by atoms with Crippen LogP contribution in [0.1, 0.15) is 40.9 Å². The molecule has 1 aromatic rings. The summed E-state index contributed by atoms with van der Waals surface area (Å²) < 4.78 is 0. The molecule has 1 aromatic heterocycles. The molecule has 10 heteroatoms.